The normalized spacial score (nSPS) is 10.7. The van der Waals surface area contributed by atoms with E-state index in [1.54, 1.807) is 29.2 Å². The number of halogens is 1. The van der Waals surface area contributed by atoms with E-state index < -0.39 is 0 Å². The first-order valence-electron chi connectivity index (χ1n) is 9.05. The number of hydrogen-bond acceptors (Lipinski definition) is 3. The predicted octanol–water partition coefficient (Wildman–Crippen LogP) is 4.00. The van der Waals surface area contributed by atoms with E-state index >= 15 is 0 Å². The first-order chi connectivity index (χ1) is 12.9. The molecule has 0 atom stereocenters. The third kappa shape index (κ3) is 6.19. The Balaban J connectivity index is 1.96. The van der Waals surface area contributed by atoms with Crippen LogP contribution in [0.1, 0.15) is 29.8 Å². The molecule has 2 aromatic rings. The zero-order valence-corrected chi connectivity index (χ0v) is 17.6. The summed E-state index contributed by atoms with van der Waals surface area (Å²) >= 11 is 3.53. The van der Waals surface area contributed by atoms with Gasteiger partial charge in [0.2, 0.25) is 5.91 Å². The fraction of sp³-hybridized carbons (Fsp3) is 0.333. The Bertz CT molecular complexity index is 791. The topological polar surface area (TPSA) is 52.7 Å². The molecule has 0 aliphatic rings. The molecule has 6 heteroatoms. The minimum Gasteiger partial charge on any atom is -0.339 e. The van der Waals surface area contributed by atoms with Crippen molar-refractivity contribution < 1.29 is 9.59 Å². The van der Waals surface area contributed by atoms with Crippen LogP contribution in [0.15, 0.2) is 53.0 Å². The van der Waals surface area contributed by atoms with Gasteiger partial charge in [0.15, 0.2) is 0 Å². The second kappa shape index (κ2) is 10.2. The van der Waals surface area contributed by atoms with Gasteiger partial charge >= 0.3 is 0 Å². The van der Waals surface area contributed by atoms with E-state index in [2.05, 4.69) is 21.2 Å². The Morgan fingerprint density at radius 3 is 2.41 bits per heavy atom. The number of carbonyl (C=O) groups excluding carboxylic acids is 2. The Morgan fingerprint density at radius 2 is 1.74 bits per heavy atom. The Morgan fingerprint density at radius 1 is 1.04 bits per heavy atom. The quantitative estimate of drug-likeness (QED) is 0.686. The van der Waals surface area contributed by atoms with Crippen LogP contribution >= 0.6 is 15.9 Å². The average molecular weight is 432 g/mol. The van der Waals surface area contributed by atoms with Crippen molar-refractivity contribution in [2.45, 2.75) is 20.4 Å². The maximum Gasteiger partial charge on any atom is 0.253 e. The highest BCUT2D eigenvalue weighted by Gasteiger charge is 2.14. The third-order valence-electron chi connectivity index (χ3n) is 4.26. The predicted molar refractivity (Wildman–Crippen MR) is 113 cm³/mol. The minimum absolute atomic E-state index is 0.0258. The maximum atomic E-state index is 12.5. The number of benzene rings is 2. The summed E-state index contributed by atoms with van der Waals surface area (Å²) in [5, 5.41) is 2.88. The van der Waals surface area contributed by atoms with E-state index in [1.165, 1.54) is 0 Å². The van der Waals surface area contributed by atoms with Gasteiger partial charge in [-0.25, -0.2) is 0 Å². The van der Waals surface area contributed by atoms with Crippen LogP contribution in [0.4, 0.5) is 5.69 Å². The summed E-state index contributed by atoms with van der Waals surface area (Å²) < 4.78 is 1.03. The fourth-order valence-corrected chi connectivity index (χ4v) is 3.25. The molecule has 0 fully saturated rings. The Kier molecular flexibility index (Phi) is 8.00. The van der Waals surface area contributed by atoms with Crippen molar-refractivity contribution in [1.29, 1.82) is 0 Å². The highest BCUT2D eigenvalue weighted by Crippen LogP contribution is 2.17. The number of anilines is 1. The molecule has 0 radical (unpaired) electrons. The van der Waals surface area contributed by atoms with E-state index in [9.17, 15) is 9.59 Å². The summed E-state index contributed by atoms with van der Waals surface area (Å²) in [6.45, 7) is 6.14. The maximum absolute atomic E-state index is 12.5. The average Bonchev–Trinajstić information content (AvgIpc) is 2.64. The van der Waals surface area contributed by atoms with E-state index in [0.29, 0.717) is 30.9 Å². The number of rotatable bonds is 8. The zero-order chi connectivity index (χ0) is 19.8. The molecule has 2 aromatic carbocycles. The van der Waals surface area contributed by atoms with E-state index in [4.69, 9.17) is 0 Å². The van der Waals surface area contributed by atoms with Crippen molar-refractivity contribution in [3.63, 3.8) is 0 Å². The molecule has 5 nitrogen and oxygen atoms in total. The summed E-state index contributed by atoms with van der Waals surface area (Å²) in [6, 6.07) is 15.0. The third-order valence-corrected chi connectivity index (χ3v) is 5.03. The van der Waals surface area contributed by atoms with Crippen LogP contribution in [0, 0.1) is 0 Å². The molecule has 27 heavy (non-hydrogen) atoms. The van der Waals surface area contributed by atoms with Crippen LogP contribution in [0.2, 0.25) is 0 Å². The van der Waals surface area contributed by atoms with Crippen LogP contribution in [0.3, 0.4) is 0 Å². The van der Waals surface area contributed by atoms with Gasteiger partial charge in [-0.3, -0.25) is 14.5 Å². The van der Waals surface area contributed by atoms with Gasteiger partial charge in [0.05, 0.1) is 6.54 Å². The van der Waals surface area contributed by atoms with Crippen molar-refractivity contribution in [2.24, 2.45) is 0 Å². The van der Waals surface area contributed by atoms with Crippen molar-refractivity contribution >= 4 is 33.4 Å². The second-order valence-electron chi connectivity index (χ2n) is 6.37. The van der Waals surface area contributed by atoms with Crippen molar-refractivity contribution in [1.82, 2.24) is 9.80 Å². The number of carbonyl (C=O) groups is 2. The molecule has 0 unspecified atom stereocenters. The Hall–Kier alpha value is -2.18. The van der Waals surface area contributed by atoms with Gasteiger partial charge in [0, 0.05) is 35.4 Å². The monoisotopic (exact) mass is 431 g/mol. The van der Waals surface area contributed by atoms with Gasteiger partial charge in [0.1, 0.15) is 0 Å². The van der Waals surface area contributed by atoms with Crippen LogP contribution in [0.25, 0.3) is 0 Å². The Labute approximate surface area is 169 Å². The standard InChI is InChI=1S/C21H26BrN3O2/c1-4-25(5-2)21(27)16-10-8-11-18(13-16)23-20(26)15-24(3)14-17-9-6-7-12-19(17)22/h6-13H,4-5,14-15H2,1-3H3,(H,23,26). The number of nitrogens with zero attached hydrogens (tertiary/aromatic N) is 2. The van der Waals surface area contributed by atoms with E-state index in [1.807, 2.05) is 50.1 Å². The summed E-state index contributed by atoms with van der Waals surface area (Å²) in [7, 11) is 1.90. The van der Waals surface area contributed by atoms with Gasteiger partial charge in [-0.05, 0) is 50.7 Å². The smallest absolute Gasteiger partial charge is 0.253 e. The fourth-order valence-electron chi connectivity index (χ4n) is 2.84. The summed E-state index contributed by atoms with van der Waals surface area (Å²) in [4.78, 5) is 28.5. The summed E-state index contributed by atoms with van der Waals surface area (Å²) in [6.07, 6.45) is 0. The van der Waals surface area contributed by atoms with Crippen molar-refractivity contribution in [3.05, 3.63) is 64.1 Å². The van der Waals surface area contributed by atoms with Gasteiger partial charge < -0.3 is 10.2 Å². The first kappa shape index (κ1) is 21.1. The van der Waals surface area contributed by atoms with Crippen LogP contribution < -0.4 is 5.32 Å². The highest BCUT2D eigenvalue weighted by atomic mass is 79.9. The molecule has 0 aliphatic heterocycles. The molecule has 0 aromatic heterocycles. The molecule has 2 rings (SSSR count). The van der Waals surface area contributed by atoms with Crippen LogP contribution in [-0.4, -0.2) is 48.3 Å². The molecule has 2 amide bonds. The number of likely N-dealkylation sites (N-methyl/N-ethyl adjacent to an activating group) is 1. The number of hydrogen-bond donors (Lipinski definition) is 1. The molecule has 0 heterocycles. The lowest BCUT2D eigenvalue weighted by Gasteiger charge is -2.19. The molecular formula is C21H26BrN3O2. The van der Waals surface area contributed by atoms with Crippen molar-refractivity contribution in [3.8, 4) is 0 Å². The van der Waals surface area contributed by atoms with Crippen LogP contribution in [-0.2, 0) is 11.3 Å². The van der Waals surface area contributed by atoms with Crippen molar-refractivity contribution in [2.75, 3.05) is 32.0 Å². The number of amides is 2. The van der Waals surface area contributed by atoms with E-state index in [-0.39, 0.29) is 18.4 Å². The lowest BCUT2D eigenvalue weighted by atomic mass is 10.1. The summed E-state index contributed by atoms with van der Waals surface area (Å²) in [5.41, 5.74) is 2.34. The molecule has 0 spiro atoms. The summed E-state index contributed by atoms with van der Waals surface area (Å²) in [5.74, 6) is -0.140. The molecule has 1 N–H and O–H groups in total. The first-order valence-corrected chi connectivity index (χ1v) is 9.85. The van der Waals surface area contributed by atoms with E-state index in [0.717, 1.165) is 10.0 Å². The highest BCUT2D eigenvalue weighted by molar-refractivity contribution is 9.10. The minimum atomic E-state index is -0.114. The number of nitrogens with one attached hydrogen (secondary N) is 1. The molecular weight excluding hydrogens is 406 g/mol. The molecule has 0 aliphatic carbocycles. The lowest BCUT2D eigenvalue weighted by molar-refractivity contribution is -0.117. The lowest BCUT2D eigenvalue weighted by Crippen LogP contribution is -2.31. The molecule has 0 saturated heterocycles. The van der Waals surface area contributed by atoms with Gasteiger partial charge in [-0.15, -0.1) is 0 Å². The van der Waals surface area contributed by atoms with Crippen LogP contribution in [0.5, 0.6) is 0 Å². The molecule has 144 valence electrons. The SMILES string of the molecule is CCN(CC)C(=O)c1cccc(NC(=O)CN(C)Cc2ccccc2Br)c1. The van der Waals surface area contributed by atoms with Gasteiger partial charge in [-0.1, -0.05) is 40.2 Å². The van der Waals surface area contributed by atoms with Gasteiger partial charge in [-0.2, -0.15) is 0 Å². The molecule has 0 saturated carbocycles. The van der Waals surface area contributed by atoms with Gasteiger partial charge in [0.25, 0.3) is 5.91 Å². The second-order valence-corrected chi connectivity index (χ2v) is 7.22. The largest absolute Gasteiger partial charge is 0.339 e. The molecule has 0 bridgehead atoms. The zero-order valence-electron chi connectivity index (χ0n) is 16.0.